The van der Waals surface area contributed by atoms with Crippen LogP contribution in [0.25, 0.3) is 0 Å². The van der Waals surface area contributed by atoms with Crippen LogP contribution in [0.5, 0.6) is 0 Å². The summed E-state index contributed by atoms with van der Waals surface area (Å²) in [6.45, 7) is 2.22. The van der Waals surface area contributed by atoms with Gasteiger partial charge in [0.2, 0.25) is 0 Å². The van der Waals surface area contributed by atoms with Gasteiger partial charge >= 0.3 is 11.9 Å². The van der Waals surface area contributed by atoms with Gasteiger partial charge in [-0.2, -0.15) is 10.5 Å². The quantitative estimate of drug-likeness (QED) is 0.308. The summed E-state index contributed by atoms with van der Waals surface area (Å²) in [5.41, 5.74) is 0. The molecule has 0 atom stereocenters. The molecule has 0 aliphatic carbocycles. The Morgan fingerprint density at radius 2 is 1.00 bits per heavy atom. The van der Waals surface area contributed by atoms with Crippen molar-refractivity contribution in [1.82, 2.24) is 0 Å². The lowest BCUT2D eigenvalue weighted by molar-refractivity contribution is -0.231. The van der Waals surface area contributed by atoms with Crippen molar-refractivity contribution in [2.24, 2.45) is 0 Å². The van der Waals surface area contributed by atoms with E-state index in [2.05, 4.69) is 9.78 Å². The van der Waals surface area contributed by atoms with E-state index < -0.39 is 11.9 Å². The van der Waals surface area contributed by atoms with Crippen LogP contribution in [0.3, 0.4) is 0 Å². The van der Waals surface area contributed by atoms with Gasteiger partial charge in [-0.25, -0.2) is 9.59 Å². The minimum atomic E-state index is -0.690. The van der Waals surface area contributed by atoms with E-state index in [-0.39, 0.29) is 0 Å². The maximum atomic E-state index is 9.34. The van der Waals surface area contributed by atoms with Crippen molar-refractivity contribution in [3.05, 3.63) is 0 Å². The van der Waals surface area contributed by atoms with Crippen molar-refractivity contribution < 1.29 is 40.4 Å². The summed E-state index contributed by atoms with van der Waals surface area (Å²) in [6.07, 6.45) is 0. The Labute approximate surface area is 67.4 Å². The topological polar surface area (TPSA) is 134 Å². The molecule has 0 aromatic carbocycles. The van der Waals surface area contributed by atoms with Crippen LogP contribution in [0.4, 0.5) is 0 Å². The van der Waals surface area contributed by atoms with Crippen molar-refractivity contribution in [2.45, 2.75) is 13.8 Å². The summed E-state index contributed by atoms with van der Waals surface area (Å²) >= 11 is 0. The van der Waals surface area contributed by atoms with Crippen LogP contribution in [0.15, 0.2) is 0 Å². The average molecular weight is 186 g/mol. The number of rotatable bonds is 0. The van der Waals surface area contributed by atoms with Gasteiger partial charge in [0, 0.05) is 13.8 Å². The standard InChI is InChI=1S/2C2H4O3.H2O2/c2*1-2(3)5-4;1-2/h2*4H,1H3;1-2H. The highest BCUT2D eigenvalue weighted by Gasteiger charge is 1.79. The molecule has 12 heavy (non-hydrogen) atoms. The number of hydrogen-bond acceptors (Lipinski definition) is 8. The van der Waals surface area contributed by atoms with Crippen LogP contribution in [-0.2, 0) is 19.4 Å². The summed E-state index contributed by atoms with van der Waals surface area (Å²) in [6, 6.07) is 0. The summed E-state index contributed by atoms with van der Waals surface area (Å²) in [5, 5.41) is 26.6. The molecule has 0 heterocycles. The molecule has 4 N–H and O–H groups in total. The molecule has 0 amide bonds. The van der Waals surface area contributed by atoms with Crippen molar-refractivity contribution in [1.29, 1.82) is 0 Å². The minimum absolute atomic E-state index is 0.690. The van der Waals surface area contributed by atoms with E-state index in [1.807, 2.05) is 0 Å². The maximum absolute atomic E-state index is 9.34. The van der Waals surface area contributed by atoms with Crippen LogP contribution >= 0.6 is 0 Å². The predicted molar refractivity (Wildman–Crippen MR) is 34.0 cm³/mol. The molecule has 0 aromatic rings. The highest BCUT2D eigenvalue weighted by atomic mass is 17.1. The molecule has 0 saturated carbocycles. The molecule has 0 unspecified atom stereocenters. The Morgan fingerprint density at radius 1 is 0.917 bits per heavy atom. The van der Waals surface area contributed by atoms with Crippen molar-refractivity contribution in [3.8, 4) is 0 Å². The van der Waals surface area contributed by atoms with Gasteiger partial charge in [-0.05, 0) is 0 Å². The van der Waals surface area contributed by atoms with Gasteiger partial charge in [0.1, 0.15) is 0 Å². The van der Waals surface area contributed by atoms with Gasteiger partial charge in [-0.1, -0.05) is 0 Å². The van der Waals surface area contributed by atoms with E-state index in [0.29, 0.717) is 0 Å². The average Bonchev–Trinajstić information content (AvgIpc) is 2.09. The third kappa shape index (κ3) is 68.8. The van der Waals surface area contributed by atoms with Crippen LogP contribution < -0.4 is 0 Å². The smallest absolute Gasteiger partial charge is 0.301 e. The molecular formula is C4H10O8. The number of carbonyl (C=O) groups excluding carboxylic acids is 2. The first-order valence-corrected chi connectivity index (χ1v) is 2.38. The van der Waals surface area contributed by atoms with Gasteiger partial charge in [0.25, 0.3) is 0 Å². The molecule has 8 heteroatoms. The molecule has 0 bridgehead atoms. The third-order valence-electron chi connectivity index (χ3n) is 0.257. The largest absolute Gasteiger partial charge is 0.339 e. The molecule has 0 fully saturated rings. The molecule has 74 valence electrons. The first-order valence-electron chi connectivity index (χ1n) is 2.38. The van der Waals surface area contributed by atoms with Gasteiger partial charge in [0.05, 0.1) is 0 Å². The lowest BCUT2D eigenvalue weighted by Crippen LogP contribution is -1.89. The second kappa shape index (κ2) is 16.4. The summed E-state index contributed by atoms with van der Waals surface area (Å²) < 4.78 is 0. The van der Waals surface area contributed by atoms with Crippen molar-refractivity contribution in [2.75, 3.05) is 0 Å². The summed E-state index contributed by atoms with van der Waals surface area (Å²) in [4.78, 5) is 24.9. The maximum Gasteiger partial charge on any atom is 0.339 e. The second-order valence-corrected chi connectivity index (χ2v) is 1.17. The molecule has 0 aliphatic heterocycles. The van der Waals surface area contributed by atoms with E-state index >= 15 is 0 Å². The Balaban J connectivity index is -0.000000112. The fourth-order valence-electron chi connectivity index (χ4n) is 0. The van der Waals surface area contributed by atoms with Crippen LogP contribution in [-0.4, -0.2) is 33.0 Å². The number of hydrogen-bond donors (Lipinski definition) is 4. The monoisotopic (exact) mass is 186 g/mol. The summed E-state index contributed by atoms with van der Waals surface area (Å²) in [5.74, 6) is -1.38. The Kier molecular flexibility index (Phi) is 23.3. The van der Waals surface area contributed by atoms with Crippen LogP contribution in [0, 0.1) is 0 Å². The SMILES string of the molecule is CC(=O)OO.CC(=O)OO.OO. The second-order valence-electron chi connectivity index (χ2n) is 1.17. The first-order chi connectivity index (χ1) is 5.54. The molecule has 8 nitrogen and oxygen atoms in total. The highest BCUT2D eigenvalue weighted by Crippen LogP contribution is 1.60. The van der Waals surface area contributed by atoms with Gasteiger partial charge in [-0.3, -0.25) is 10.5 Å². The van der Waals surface area contributed by atoms with Crippen molar-refractivity contribution >= 4 is 11.9 Å². The first kappa shape index (κ1) is 17.0. The zero-order valence-electron chi connectivity index (χ0n) is 6.42. The fraction of sp³-hybridized carbons (Fsp3) is 0.500. The lowest BCUT2D eigenvalue weighted by atomic mass is 10.9. The molecule has 0 radical (unpaired) electrons. The lowest BCUT2D eigenvalue weighted by Gasteiger charge is -1.76. The van der Waals surface area contributed by atoms with Gasteiger partial charge in [0.15, 0.2) is 0 Å². The molecule has 0 aromatic heterocycles. The molecule has 0 spiro atoms. The van der Waals surface area contributed by atoms with E-state index in [4.69, 9.17) is 21.0 Å². The molecular weight excluding hydrogens is 176 g/mol. The summed E-state index contributed by atoms with van der Waals surface area (Å²) in [7, 11) is 0. The minimum Gasteiger partial charge on any atom is -0.301 e. The third-order valence-corrected chi connectivity index (χ3v) is 0.257. The van der Waals surface area contributed by atoms with Gasteiger partial charge in [-0.15, -0.1) is 0 Å². The Morgan fingerprint density at radius 3 is 1.00 bits per heavy atom. The molecule has 0 rings (SSSR count). The van der Waals surface area contributed by atoms with E-state index in [1.54, 1.807) is 0 Å². The predicted octanol–water partition coefficient (Wildman–Crippen LogP) is 0.0624. The van der Waals surface area contributed by atoms with Crippen LogP contribution in [0.2, 0.25) is 0 Å². The normalized spacial score (nSPS) is 6.17. The Bertz CT molecular complexity index is 95.6. The number of carbonyl (C=O) groups is 2. The van der Waals surface area contributed by atoms with E-state index in [0.717, 1.165) is 13.8 Å². The molecule has 0 aliphatic rings. The Hall–Kier alpha value is -1.22. The van der Waals surface area contributed by atoms with E-state index in [9.17, 15) is 9.59 Å². The zero-order valence-corrected chi connectivity index (χ0v) is 6.42. The van der Waals surface area contributed by atoms with E-state index in [1.165, 1.54) is 0 Å². The van der Waals surface area contributed by atoms with Crippen molar-refractivity contribution in [3.63, 3.8) is 0 Å². The van der Waals surface area contributed by atoms with Gasteiger partial charge < -0.3 is 9.78 Å². The fourth-order valence-corrected chi connectivity index (χ4v) is 0. The highest BCUT2D eigenvalue weighted by molar-refractivity contribution is 5.65. The zero-order chi connectivity index (χ0) is 10.6. The van der Waals surface area contributed by atoms with Crippen LogP contribution in [0.1, 0.15) is 13.8 Å². The molecule has 0 saturated heterocycles.